The molecule has 3 aromatic carbocycles. The number of carbonyl (C=O) groups is 2. The summed E-state index contributed by atoms with van der Waals surface area (Å²) in [5, 5.41) is 4.38. The van der Waals surface area contributed by atoms with Crippen molar-refractivity contribution in [3.63, 3.8) is 0 Å². The van der Waals surface area contributed by atoms with Crippen LogP contribution in [-0.4, -0.2) is 29.0 Å². The standard InChI is InChI=1S/C25H25N3O2/c1-20(29)28(19-21-11-5-2-6-12-21)18-17-24(30)26-27-25(22-13-7-3-8-14-22)23-15-9-4-10-16-23/h2-16H,17-19H2,1H3,(H,26,30). The smallest absolute Gasteiger partial charge is 0.241 e. The highest BCUT2D eigenvalue weighted by molar-refractivity contribution is 6.13. The molecule has 3 rings (SSSR count). The Hall–Kier alpha value is -3.73. The summed E-state index contributed by atoms with van der Waals surface area (Å²) in [6.07, 6.45) is 0.173. The van der Waals surface area contributed by atoms with Crippen molar-refractivity contribution in [3.8, 4) is 0 Å². The molecule has 0 aromatic heterocycles. The Morgan fingerprint density at radius 3 is 1.80 bits per heavy atom. The van der Waals surface area contributed by atoms with Crippen LogP contribution in [0.25, 0.3) is 0 Å². The van der Waals surface area contributed by atoms with Crippen LogP contribution in [0.2, 0.25) is 0 Å². The molecule has 152 valence electrons. The molecule has 2 amide bonds. The lowest BCUT2D eigenvalue weighted by Gasteiger charge is -2.20. The number of rotatable bonds is 8. The highest BCUT2D eigenvalue weighted by Gasteiger charge is 2.12. The van der Waals surface area contributed by atoms with E-state index < -0.39 is 0 Å². The molecule has 1 N–H and O–H groups in total. The van der Waals surface area contributed by atoms with Gasteiger partial charge >= 0.3 is 0 Å². The Morgan fingerprint density at radius 2 is 1.30 bits per heavy atom. The molecule has 0 aliphatic heterocycles. The zero-order chi connectivity index (χ0) is 21.2. The van der Waals surface area contributed by atoms with Crippen LogP contribution < -0.4 is 5.43 Å². The van der Waals surface area contributed by atoms with Gasteiger partial charge in [-0.05, 0) is 5.56 Å². The molecule has 3 aromatic rings. The van der Waals surface area contributed by atoms with Gasteiger partial charge in [-0.15, -0.1) is 0 Å². The van der Waals surface area contributed by atoms with Gasteiger partial charge in [0.2, 0.25) is 11.8 Å². The molecule has 0 radical (unpaired) electrons. The number of hydrazone groups is 1. The van der Waals surface area contributed by atoms with Gasteiger partial charge in [0.25, 0.3) is 0 Å². The Kier molecular flexibility index (Phi) is 7.50. The zero-order valence-electron chi connectivity index (χ0n) is 17.0. The number of hydrogen-bond donors (Lipinski definition) is 1. The third kappa shape index (κ3) is 6.14. The van der Waals surface area contributed by atoms with Crippen LogP contribution in [-0.2, 0) is 16.1 Å². The number of amides is 2. The first-order chi connectivity index (χ1) is 14.6. The second-order valence-electron chi connectivity index (χ2n) is 6.90. The summed E-state index contributed by atoms with van der Waals surface area (Å²) >= 11 is 0. The van der Waals surface area contributed by atoms with E-state index in [1.54, 1.807) is 4.90 Å². The molecule has 0 heterocycles. The molecule has 0 fully saturated rings. The van der Waals surface area contributed by atoms with E-state index in [2.05, 4.69) is 10.5 Å². The fourth-order valence-electron chi connectivity index (χ4n) is 3.05. The van der Waals surface area contributed by atoms with Crippen LogP contribution in [0.5, 0.6) is 0 Å². The lowest BCUT2D eigenvalue weighted by molar-refractivity contribution is -0.130. The summed E-state index contributed by atoms with van der Waals surface area (Å²) in [6.45, 7) is 2.32. The maximum Gasteiger partial charge on any atom is 0.241 e. The molecule has 30 heavy (non-hydrogen) atoms. The van der Waals surface area contributed by atoms with Gasteiger partial charge in [-0.1, -0.05) is 91.0 Å². The van der Waals surface area contributed by atoms with Gasteiger partial charge in [-0.25, -0.2) is 5.43 Å². The van der Waals surface area contributed by atoms with Crippen LogP contribution in [0.15, 0.2) is 96.1 Å². The largest absolute Gasteiger partial charge is 0.338 e. The summed E-state index contributed by atoms with van der Waals surface area (Å²) in [6, 6.07) is 29.2. The van der Waals surface area contributed by atoms with Gasteiger partial charge in [0.1, 0.15) is 0 Å². The van der Waals surface area contributed by atoms with Gasteiger partial charge in [0.15, 0.2) is 0 Å². The number of nitrogens with zero attached hydrogens (tertiary/aromatic N) is 2. The minimum atomic E-state index is -0.237. The number of hydrogen-bond acceptors (Lipinski definition) is 3. The van der Waals surface area contributed by atoms with E-state index in [-0.39, 0.29) is 18.2 Å². The van der Waals surface area contributed by atoms with E-state index in [0.29, 0.717) is 18.8 Å². The maximum atomic E-state index is 12.4. The van der Waals surface area contributed by atoms with Gasteiger partial charge in [0.05, 0.1) is 5.71 Å². The quantitative estimate of drug-likeness (QED) is 0.460. The monoisotopic (exact) mass is 399 g/mol. The first kappa shape index (κ1) is 21.0. The van der Waals surface area contributed by atoms with Crippen molar-refractivity contribution in [2.45, 2.75) is 19.9 Å². The molecule has 5 nitrogen and oxygen atoms in total. The minimum absolute atomic E-state index is 0.0654. The highest BCUT2D eigenvalue weighted by Crippen LogP contribution is 2.10. The Morgan fingerprint density at radius 1 is 0.800 bits per heavy atom. The second kappa shape index (κ2) is 10.7. The van der Waals surface area contributed by atoms with Crippen LogP contribution in [0, 0.1) is 0 Å². The van der Waals surface area contributed by atoms with Crippen LogP contribution in [0.1, 0.15) is 30.0 Å². The molecular formula is C25H25N3O2. The van der Waals surface area contributed by atoms with Crippen molar-refractivity contribution < 1.29 is 9.59 Å². The van der Waals surface area contributed by atoms with E-state index in [4.69, 9.17) is 0 Å². The molecule has 0 aliphatic carbocycles. The summed E-state index contributed by atoms with van der Waals surface area (Å²) in [5.74, 6) is -0.303. The van der Waals surface area contributed by atoms with E-state index >= 15 is 0 Å². The second-order valence-corrected chi connectivity index (χ2v) is 6.90. The Bertz CT molecular complexity index is 945. The summed E-state index contributed by atoms with van der Waals surface area (Å²) in [7, 11) is 0. The molecule has 0 saturated carbocycles. The van der Waals surface area contributed by atoms with Crippen molar-refractivity contribution in [3.05, 3.63) is 108 Å². The van der Waals surface area contributed by atoms with Crippen LogP contribution >= 0.6 is 0 Å². The minimum Gasteiger partial charge on any atom is -0.338 e. The van der Waals surface area contributed by atoms with E-state index in [1.807, 2.05) is 91.0 Å². The van der Waals surface area contributed by atoms with E-state index in [1.165, 1.54) is 6.92 Å². The van der Waals surface area contributed by atoms with Crippen molar-refractivity contribution >= 4 is 17.5 Å². The zero-order valence-corrected chi connectivity index (χ0v) is 17.0. The van der Waals surface area contributed by atoms with Crippen molar-refractivity contribution in [2.75, 3.05) is 6.54 Å². The van der Waals surface area contributed by atoms with Gasteiger partial charge in [0, 0.05) is 37.6 Å². The van der Waals surface area contributed by atoms with Gasteiger partial charge in [-0.2, -0.15) is 5.10 Å². The predicted molar refractivity (Wildman–Crippen MR) is 119 cm³/mol. The third-order valence-electron chi connectivity index (χ3n) is 4.66. The molecule has 0 spiro atoms. The van der Waals surface area contributed by atoms with Gasteiger partial charge in [-0.3, -0.25) is 9.59 Å². The fourth-order valence-corrected chi connectivity index (χ4v) is 3.05. The van der Waals surface area contributed by atoms with Crippen LogP contribution in [0.4, 0.5) is 0 Å². The molecule has 0 saturated heterocycles. The number of benzene rings is 3. The van der Waals surface area contributed by atoms with E-state index in [0.717, 1.165) is 16.7 Å². The van der Waals surface area contributed by atoms with Crippen molar-refractivity contribution in [1.82, 2.24) is 10.3 Å². The highest BCUT2D eigenvalue weighted by atomic mass is 16.2. The molecule has 5 heteroatoms. The Labute approximate surface area is 177 Å². The summed E-state index contributed by atoms with van der Waals surface area (Å²) in [4.78, 5) is 26.1. The topological polar surface area (TPSA) is 61.8 Å². The first-order valence-electron chi connectivity index (χ1n) is 9.90. The van der Waals surface area contributed by atoms with Crippen LogP contribution in [0.3, 0.4) is 0 Å². The SMILES string of the molecule is CC(=O)N(CCC(=O)NN=C(c1ccccc1)c1ccccc1)Cc1ccccc1. The first-order valence-corrected chi connectivity index (χ1v) is 9.90. The maximum absolute atomic E-state index is 12.4. The average Bonchev–Trinajstić information content (AvgIpc) is 2.78. The Balaban J connectivity index is 1.65. The average molecular weight is 399 g/mol. The fraction of sp³-hybridized carbons (Fsp3) is 0.160. The molecule has 0 bridgehead atoms. The molecule has 0 atom stereocenters. The number of nitrogens with one attached hydrogen (secondary N) is 1. The molecule has 0 unspecified atom stereocenters. The molecular weight excluding hydrogens is 374 g/mol. The lowest BCUT2D eigenvalue weighted by atomic mass is 10.0. The summed E-state index contributed by atoms with van der Waals surface area (Å²) in [5.41, 5.74) is 6.20. The normalized spacial score (nSPS) is 10.2. The lowest BCUT2D eigenvalue weighted by Crippen LogP contribution is -2.32. The van der Waals surface area contributed by atoms with E-state index in [9.17, 15) is 9.59 Å². The third-order valence-corrected chi connectivity index (χ3v) is 4.66. The van der Waals surface area contributed by atoms with Crippen molar-refractivity contribution in [1.29, 1.82) is 0 Å². The molecule has 0 aliphatic rings. The summed E-state index contributed by atoms with van der Waals surface area (Å²) < 4.78 is 0. The van der Waals surface area contributed by atoms with Gasteiger partial charge < -0.3 is 4.90 Å². The van der Waals surface area contributed by atoms with Crippen molar-refractivity contribution in [2.24, 2.45) is 5.10 Å². The number of carbonyl (C=O) groups excluding carboxylic acids is 2. The predicted octanol–water partition coefficient (Wildman–Crippen LogP) is 3.99.